The average Bonchev–Trinajstić information content (AvgIpc) is 2.79. The van der Waals surface area contributed by atoms with E-state index in [-0.39, 0.29) is 16.1 Å². The molecule has 7 heteroatoms. The van der Waals surface area contributed by atoms with E-state index < -0.39 is 21.7 Å². The van der Waals surface area contributed by atoms with Gasteiger partial charge in [0.05, 0.1) is 10.6 Å². The first-order valence-corrected chi connectivity index (χ1v) is 11.5. The van der Waals surface area contributed by atoms with Crippen molar-refractivity contribution in [3.05, 3.63) is 89.2 Å². The van der Waals surface area contributed by atoms with Gasteiger partial charge in [-0.25, -0.2) is 12.8 Å². The summed E-state index contributed by atoms with van der Waals surface area (Å²) in [5.74, 6) is -1.05. The van der Waals surface area contributed by atoms with Crippen LogP contribution in [-0.2, 0) is 22.9 Å². The molecule has 3 rings (SSSR count). The predicted octanol–water partition coefficient (Wildman–Crippen LogP) is 5.03. The summed E-state index contributed by atoms with van der Waals surface area (Å²) in [4.78, 5) is 12.9. The van der Waals surface area contributed by atoms with Gasteiger partial charge < -0.3 is 5.32 Å². The molecule has 162 valence electrons. The van der Waals surface area contributed by atoms with Gasteiger partial charge in [-0.3, -0.25) is 9.10 Å². The van der Waals surface area contributed by atoms with Gasteiger partial charge in [-0.1, -0.05) is 50.2 Å². The lowest BCUT2D eigenvalue weighted by molar-refractivity contribution is 0.102. The molecule has 31 heavy (non-hydrogen) atoms. The van der Waals surface area contributed by atoms with Gasteiger partial charge in [-0.15, -0.1) is 0 Å². The maximum Gasteiger partial charge on any atom is 0.264 e. The van der Waals surface area contributed by atoms with Gasteiger partial charge in [0.1, 0.15) is 5.82 Å². The van der Waals surface area contributed by atoms with Gasteiger partial charge in [-0.2, -0.15) is 0 Å². The van der Waals surface area contributed by atoms with Crippen LogP contribution in [0.4, 0.5) is 15.8 Å². The second-order valence-corrected chi connectivity index (χ2v) is 9.03. The van der Waals surface area contributed by atoms with E-state index in [1.165, 1.54) is 43.4 Å². The molecule has 0 aliphatic rings. The topological polar surface area (TPSA) is 66.5 Å². The SMILES string of the molecule is CCc1cccc(CC)c1NC(=O)c1cccc(S(=O)(=O)N(C)c2ccccc2F)c1. The number of nitrogens with zero attached hydrogens (tertiary/aromatic N) is 1. The highest BCUT2D eigenvalue weighted by Crippen LogP contribution is 2.26. The molecule has 0 saturated carbocycles. The minimum absolute atomic E-state index is 0.0678. The van der Waals surface area contributed by atoms with Gasteiger partial charge in [0.2, 0.25) is 0 Å². The first-order valence-electron chi connectivity index (χ1n) is 10.0. The number of carbonyl (C=O) groups excluding carboxylic acids is 1. The highest BCUT2D eigenvalue weighted by atomic mass is 32.2. The van der Waals surface area contributed by atoms with Crippen molar-refractivity contribution in [3.63, 3.8) is 0 Å². The van der Waals surface area contributed by atoms with Crippen molar-refractivity contribution in [2.75, 3.05) is 16.7 Å². The molecule has 0 fully saturated rings. The van der Waals surface area contributed by atoms with Crippen LogP contribution in [0.2, 0.25) is 0 Å². The highest BCUT2D eigenvalue weighted by Gasteiger charge is 2.24. The third kappa shape index (κ3) is 4.61. The van der Waals surface area contributed by atoms with Crippen LogP contribution in [0.5, 0.6) is 0 Å². The van der Waals surface area contributed by atoms with Crippen LogP contribution < -0.4 is 9.62 Å². The number of amides is 1. The standard InChI is InChI=1S/C24H25FN2O3S/c1-4-17-10-8-11-18(5-2)23(17)26-24(28)19-12-9-13-20(16-19)31(29,30)27(3)22-15-7-6-14-21(22)25/h6-16H,4-5H2,1-3H3,(H,26,28). The molecule has 0 spiro atoms. The Labute approximate surface area is 182 Å². The van der Waals surface area contributed by atoms with Crippen LogP contribution in [0.3, 0.4) is 0 Å². The fraction of sp³-hybridized carbons (Fsp3) is 0.208. The summed E-state index contributed by atoms with van der Waals surface area (Å²) in [6.07, 6.45) is 1.51. The number of para-hydroxylation sites is 2. The van der Waals surface area contributed by atoms with Crippen LogP contribution >= 0.6 is 0 Å². The summed E-state index contributed by atoms with van der Waals surface area (Å²) in [6, 6.07) is 17.3. The van der Waals surface area contributed by atoms with Crippen molar-refractivity contribution in [2.45, 2.75) is 31.6 Å². The minimum atomic E-state index is -4.06. The molecule has 3 aromatic carbocycles. The maximum atomic E-state index is 14.1. The monoisotopic (exact) mass is 440 g/mol. The van der Waals surface area contributed by atoms with Gasteiger partial charge in [0.15, 0.2) is 0 Å². The Kier molecular flexibility index (Phi) is 6.75. The molecule has 0 bridgehead atoms. The molecule has 1 N–H and O–H groups in total. The number of halogens is 1. The largest absolute Gasteiger partial charge is 0.321 e. The molecular formula is C24H25FN2O3S. The summed E-state index contributed by atoms with van der Waals surface area (Å²) < 4.78 is 41.1. The summed E-state index contributed by atoms with van der Waals surface area (Å²) >= 11 is 0. The van der Waals surface area contributed by atoms with E-state index in [0.29, 0.717) is 0 Å². The van der Waals surface area contributed by atoms with Crippen molar-refractivity contribution in [3.8, 4) is 0 Å². The summed E-state index contributed by atoms with van der Waals surface area (Å²) in [7, 11) is -2.77. The van der Waals surface area contributed by atoms with E-state index in [1.807, 2.05) is 32.0 Å². The lowest BCUT2D eigenvalue weighted by atomic mass is 10.0. The minimum Gasteiger partial charge on any atom is -0.321 e. The Bertz CT molecular complexity index is 1190. The Morgan fingerprint density at radius 3 is 2.16 bits per heavy atom. The number of hydrogen-bond donors (Lipinski definition) is 1. The zero-order valence-corrected chi connectivity index (χ0v) is 18.5. The molecule has 0 unspecified atom stereocenters. The zero-order valence-electron chi connectivity index (χ0n) is 17.7. The number of benzene rings is 3. The predicted molar refractivity (Wildman–Crippen MR) is 122 cm³/mol. The maximum absolute atomic E-state index is 14.1. The quantitative estimate of drug-likeness (QED) is 0.560. The molecule has 1 amide bonds. The normalized spacial score (nSPS) is 11.2. The highest BCUT2D eigenvalue weighted by molar-refractivity contribution is 7.92. The number of nitrogens with one attached hydrogen (secondary N) is 1. The van der Waals surface area contributed by atoms with Crippen molar-refractivity contribution in [2.24, 2.45) is 0 Å². The molecule has 3 aromatic rings. The van der Waals surface area contributed by atoms with Crippen LogP contribution in [-0.4, -0.2) is 21.4 Å². The fourth-order valence-corrected chi connectivity index (χ4v) is 4.63. The molecule has 0 aliphatic heterocycles. The van der Waals surface area contributed by atoms with Crippen LogP contribution in [0.25, 0.3) is 0 Å². The van der Waals surface area contributed by atoms with Crippen LogP contribution in [0.15, 0.2) is 71.6 Å². The number of anilines is 2. The zero-order chi connectivity index (χ0) is 22.6. The second-order valence-electron chi connectivity index (χ2n) is 7.06. The smallest absolute Gasteiger partial charge is 0.264 e. The number of hydrogen-bond acceptors (Lipinski definition) is 3. The molecule has 0 radical (unpaired) electrons. The van der Waals surface area contributed by atoms with Crippen molar-refractivity contribution < 1.29 is 17.6 Å². The summed E-state index contributed by atoms with van der Waals surface area (Å²) in [5.41, 5.74) is 2.92. The molecule has 0 saturated heterocycles. The van der Waals surface area contributed by atoms with Gasteiger partial charge in [0.25, 0.3) is 15.9 Å². The molecular weight excluding hydrogens is 415 g/mol. The van der Waals surface area contributed by atoms with E-state index in [2.05, 4.69) is 5.32 Å². The molecule has 5 nitrogen and oxygen atoms in total. The van der Waals surface area contributed by atoms with E-state index in [4.69, 9.17) is 0 Å². The molecule has 0 aromatic heterocycles. The Hall–Kier alpha value is -3.19. The number of aryl methyl sites for hydroxylation is 2. The lowest BCUT2D eigenvalue weighted by Crippen LogP contribution is -2.27. The third-order valence-corrected chi connectivity index (χ3v) is 6.95. The van der Waals surface area contributed by atoms with E-state index in [0.717, 1.165) is 34.0 Å². The van der Waals surface area contributed by atoms with Gasteiger partial charge in [-0.05, 0) is 54.3 Å². The number of carbonyl (C=O) groups is 1. The number of rotatable bonds is 7. The Balaban J connectivity index is 1.93. The Morgan fingerprint density at radius 1 is 0.935 bits per heavy atom. The molecule has 0 heterocycles. The summed E-state index contributed by atoms with van der Waals surface area (Å²) in [6.45, 7) is 4.02. The average molecular weight is 441 g/mol. The van der Waals surface area contributed by atoms with Gasteiger partial charge in [0, 0.05) is 18.3 Å². The van der Waals surface area contributed by atoms with Gasteiger partial charge >= 0.3 is 0 Å². The van der Waals surface area contributed by atoms with Crippen LogP contribution in [0, 0.1) is 5.82 Å². The van der Waals surface area contributed by atoms with E-state index in [9.17, 15) is 17.6 Å². The first kappa shape index (κ1) is 22.5. The van der Waals surface area contributed by atoms with Crippen molar-refractivity contribution >= 4 is 27.3 Å². The second kappa shape index (κ2) is 9.31. The first-order chi connectivity index (χ1) is 14.8. The molecule has 0 atom stereocenters. The molecule has 0 aliphatic carbocycles. The third-order valence-electron chi connectivity index (χ3n) is 5.18. The fourth-order valence-electron chi connectivity index (χ4n) is 3.38. The van der Waals surface area contributed by atoms with Crippen molar-refractivity contribution in [1.29, 1.82) is 0 Å². The van der Waals surface area contributed by atoms with E-state index in [1.54, 1.807) is 12.1 Å². The summed E-state index contributed by atoms with van der Waals surface area (Å²) in [5, 5.41) is 2.94. The lowest BCUT2D eigenvalue weighted by Gasteiger charge is -2.20. The van der Waals surface area contributed by atoms with E-state index >= 15 is 0 Å². The Morgan fingerprint density at radius 2 is 1.55 bits per heavy atom. The van der Waals surface area contributed by atoms with Crippen LogP contribution in [0.1, 0.15) is 35.3 Å². The number of sulfonamides is 1. The van der Waals surface area contributed by atoms with Crippen molar-refractivity contribution in [1.82, 2.24) is 0 Å².